The standard InChI is InChI=1S/C12H16ClN7O/c13-10-15-11(17-12(16-10)20-3-1-2-14-20)19-6-4-18(5-7-19)8-9-21/h1-3,21H,4-9H2. The molecule has 0 saturated carbocycles. The third-order valence-electron chi connectivity index (χ3n) is 3.37. The van der Waals surface area contributed by atoms with E-state index in [1.54, 1.807) is 23.1 Å². The maximum absolute atomic E-state index is 8.96. The Labute approximate surface area is 127 Å². The summed E-state index contributed by atoms with van der Waals surface area (Å²) in [5.41, 5.74) is 0. The monoisotopic (exact) mass is 309 g/mol. The second kappa shape index (κ2) is 6.33. The van der Waals surface area contributed by atoms with E-state index in [0.717, 1.165) is 26.2 Å². The van der Waals surface area contributed by atoms with Gasteiger partial charge in [-0.1, -0.05) is 0 Å². The quantitative estimate of drug-likeness (QED) is 0.839. The van der Waals surface area contributed by atoms with Crippen LogP contribution in [0.25, 0.3) is 5.95 Å². The van der Waals surface area contributed by atoms with Crippen molar-refractivity contribution in [3.8, 4) is 5.95 Å². The van der Waals surface area contributed by atoms with Crippen molar-refractivity contribution in [2.45, 2.75) is 0 Å². The normalized spacial score (nSPS) is 16.4. The molecule has 0 aliphatic carbocycles. The van der Waals surface area contributed by atoms with Gasteiger partial charge in [-0.25, -0.2) is 4.68 Å². The number of aliphatic hydroxyl groups excluding tert-OH is 1. The van der Waals surface area contributed by atoms with Gasteiger partial charge in [-0.05, 0) is 17.7 Å². The van der Waals surface area contributed by atoms with Gasteiger partial charge in [0.05, 0.1) is 6.61 Å². The molecule has 9 heteroatoms. The van der Waals surface area contributed by atoms with Crippen molar-refractivity contribution in [3.05, 3.63) is 23.7 Å². The van der Waals surface area contributed by atoms with Crippen LogP contribution >= 0.6 is 11.6 Å². The molecule has 1 fully saturated rings. The number of hydrogen-bond donors (Lipinski definition) is 1. The van der Waals surface area contributed by atoms with Gasteiger partial charge in [-0.3, -0.25) is 4.90 Å². The molecule has 0 spiro atoms. The Morgan fingerprint density at radius 2 is 1.86 bits per heavy atom. The summed E-state index contributed by atoms with van der Waals surface area (Å²) in [5, 5.41) is 13.2. The number of nitrogens with zero attached hydrogens (tertiary/aromatic N) is 7. The number of anilines is 1. The number of aliphatic hydroxyl groups is 1. The fourth-order valence-electron chi connectivity index (χ4n) is 2.27. The molecule has 1 N–H and O–H groups in total. The molecule has 1 aliphatic heterocycles. The Kier molecular flexibility index (Phi) is 4.28. The summed E-state index contributed by atoms with van der Waals surface area (Å²) in [5.74, 6) is 0.969. The lowest BCUT2D eigenvalue weighted by Crippen LogP contribution is -2.47. The van der Waals surface area contributed by atoms with Gasteiger partial charge < -0.3 is 10.0 Å². The summed E-state index contributed by atoms with van der Waals surface area (Å²) >= 11 is 5.99. The van der Waals surface area contributed by atoms with Crippen molar-refractivity contribution in [2.24, 2.45) is 0 Å². The number of β-amino-alcohol motifs (C(OH)–C–C–N with tert-alkyl or cyclic N) is 1. The zero-order valence-corrected chi connectivity index (χ0v) is 12.2. The molecule has 0 unspecified atom stereocenters. The van der Waals surface area contributed by atoms with Crippen LogP contribution in [0, 0.1) is 0 Å². The van der Waals surface area contributed by atoms with Crippen molar-refractivity contribution in [1.82, 2.24) is 29.6 Å². The molecule has 0 bridgehead atoms. The van der Waals surface area contributed by atoms with Gasteiger partial charge in [0.1, 0.15) is 0 Å². The highest BCUT2D eigenvalue weighted by Crippen LogP contribution is 2.15. The van der Waals surface area contributed by atoms with Crippen molar-refractivity contribution in [3.63, 3.8) is 0 Å². The maximum Gasteiger partial charge on any atom is 0.256 e. The molecule has 8 nitrogen and oxygen atoms in total. The molecule has 0 atom stereocenters. The van der Waals surface area contributed by atoms with E-state index >= 15 is 0 Å². The summed E-state index contributed by atoms with van der Waals surface area (Å²) in [6.45, 7) is 4.19. The van der Waals surface area contributed by atoms with E-state index in [9.17, 15) is 0 Å². The van der Waals surface area contributed by atoms with Gasteiger partial charge in [0, 0.05) is 45.1 Å². The van der Waals surface area contributed by atoms with Crippen LogP contribution in [-0.2, 0) is 0 Å². The van der Waals surface area contributed by atoms with E-state index in [1.165, 1.54) is 0 Å². The SMILES string of the molecule is OCCN1CCN(c2nc(Cl)nc(-n3cccn3)n2)CC1. The average molecular weight is 310 g/mol. The van der Waals surface area contributed by atoms with Gasteiger partial charge in [0.15, 0.2) is 0 Å². The van der Waals surface area contributed by atoms with Crippen LogP contribution in [0.15, 0.2) is 18.5 Å². The van der Waals surface area contributed by atoms with Crippen molar-refractivity contribution in [2.75, 3.05) is 44.2 Å². The molecule has 3 heterocycles. The predicted molar refractivity (Wildman–Crippen MR) is 77.7 cm³/mol. The van der Waals surface area contributed by atoms with Crippen molar-refractivity contribution >= 4 is 17.5 Å². The molecular weight excluding hydrogens is 294 g/mol. The molecule has 112 valence electrons. The first-order chi connectivity index (χ1) is 10.3. The van der Waals surface area contributed by atoms with Crippen LogP contribution in [0.4, 0.5) is 5.95 Å². The van der Waals surface area contributed by atoms with Gasteiger partial charge in [-0.15, -0.1) is 0 Å². The summed E-state index contributed by atoms with van der Waals surface area (Å²) in [4.78, 5) is 17.0. The number of rotatable bonds is 4. The first-order valence-electron chi connectivity index (χ1n) is 6.76. The summed E-state index contributed by atoms with van der Waals surface area (Å²) in [6, 6.07) is 1.80. The third kappa shape index (κ3) is 3.29. The minimum atomic E-state index is 0.156. The van der Waals surface area contributed by atoms with E-state index in [0.29, 0.717) is 18.4 Å². The number of halogens is 1. The molecule has 2 aromatic heterocycles. The van der Waals surface area contributed by atoms with E-state index in [-0.39, 0.29) is 11.9 Å². The van der Waals surface area contributed by atoms with E-state index in [4.69, 9.17) is 16.7 Å². The molecule has 0 aromatic carbocycles. The molecule has 1 saturated heterocycles. The smallest absolute Gasteiger partial charge is 0.256 e. The Morgan fingerprint density at radius 1 is 1.10 bits per heavy atom. The summed E-state index contributed by atoms with van der Waals surface area (Å²) in [6.07, 6.45) is 3.42. The summed E-state index contributed by atoms with van der Waals surface area (Å²) in [7, 11) is 0. The Hall–Kier alpha value is -1.77. The lowest BCUT2D eigenvalue weighted by Gasteiger charge is -2.34. The van der Waals surface area contributed by atoms with Crippen LogP contribution in [0.3, 0.4) is 0 Å². The highest BCUT2D eigenvalue weighted by Gasteiger charge is 2.20. The molecule has 2 aromatic rings. The Bertz CT molecular complexity index is 583. The van der Waals surface area contributed by atoms with Crippen molar-refractivity contribution in [1.29, 1.82) is 0 Å². The average Bonchev–Trinajstić information content (AvgIpc) is 3.02. The molecule has 21 heavy (non-hydrogen) atoms. The summed E-state index contributed by atoms with van der Waals surface area (Å²) < 4.78 is 1.55. The van der Waals surface area contributed by atoms with Crippen LogP contribution < -0.4 is 4.90 Å². The highest BCUT2D eigenvalue weighted by atomic mass is 35.5. The minimum absolute atomic E-state index is 0.156. The fourth-order valence-corrected chi connectivity index (χ4v) is 2.42. The lowest BCUT2D eigenvalue weighted by molar-refractivity contribution is 0.188. The molecular formula is C12H16ClN7O. The fraction of sp³-hybridized carbons (Fsp3) is 0.500. The molecule has 3 rings (SSSR count). The molecule has 0 amide bonds. The number of hydrogen-bond acceptors (Lipinski definition) is 7. The molecule has 0 radical (unpaired) electrons. The maximum atomic E-state index is 8.96. The zero-order chi connectivity index (χ0) is 14.7. The second-order valence-electron chi connectivity index (χ2n) is 4.71. The highest BCUT2D eigenvalue weighted by molar-refractivity contribution is 6.28. The Morgan fingerprint density at radius 3 is 2.52 bits per heavy atom. The first-order valence-corrected chi connectivity index (χ1v) is 7.14. The number of aromatic nitrogens is 5. The van der Waals surface area contributed by atoms with E-state index in [2.05, 4.69) is 29.9 Å². The van der Waals surface area contributed by atoms with Crippen molar-refractivity contribution < 1.29 is 5.11 Å². The van der Waals surface area contributed by atoms with E-state index < -0.39 is 0 Å². The zero-order valence-electron chi connectivity index (χ0n) is 11.4. The van der Waals surface area contributed by atoms with Gasteiger partial charge in [0.25, 0.3) is 5.95 Å². The Balaban J connectivity index is 1.77. The van der Waals surface area contributed by atoms with Crippen LogP contribution in [-0.4, -0.2) is 74.1 Å². The first kappa shape index (κ1) is 14.2. The van der Waals surface area contributed by atoms with Gasteiger partial charge in [0.2, 0.25) is 11.2 Å². The lowest BCUT2D eigenvalue weighted by atomic mass is 10.3. The predicted octanol–water partition coefficient (Wildman–Crippen LogP) is -0.175. The topological polar surface area (TPSA) is 83.2 Å². The van der Waals surface area contributed by atoms with Crippen LogP contribution in [0.2, 0.25) is 5.28 Å². The number of piperazine rings is 1. The third-order valence-corrected chi connectivity index (χ3v) is 3.53. The van der Waals surface area contributed by atoms with Crippen LogP contribution in [0.1, 0.15) is 0 Å². The van der Waals surface area contributed by atoms with Gasteiger partial charge >= 0.3 is 0 Å². The van der Waals surface area contributed by atoms with Gasteiger partial charge in [-0.2, -0.15) is 20.1 Å². The largest absolute Gasteiger partial charge is 0.395 e. The van der Waals surface area contributed by atoms with E-state index in [1.807, 2.05) is 0 Å². The molecule has 1 aliphatic rings. The second-order valence-corrected chi connectivity index (χ2v) is 5.05. The van der Waals surface area contributed by atoms with Crippen LogP contribution in [0.5, 0.6) is 0 Å². The minimum Gasteiger partial charge on any atom is -0.395 e.